The highest BCUT2D eigenvalue weighted by atomic mass is 35.5. The molecule has 4 atom stereocenters. The SMILES string of the molecule is CC1CCC(C(C)C)C2(C1)OC(CCl)CS2. The van der Waals surface area contributed by atoms with Crippen molar-refractivity contribution in [2.75, 3.05) is 11.6 Å². The first-order valence-electron chi connectivity index (χ1n) is 6.45. The fourth-order valence-corrected chi connectivity index (χ4v) is 5.39. The van der Waals surface area contributed by atoms with Crippen LogP contribution in [0.15, 0.2) is 0 Å². The maximum Gasteiger partial charge on any atom is 0.117 e. The van der Waals surface area contributed by atoms with Crippen molar-refractivity contribution in [1.29, 1.82) is 0 Å². The van der Waals surface area contributed by atoms with Crippen molar-refractivity contribution in [3.05, 3.63) is 0 Å². The minimum atomic E-state index is 0.0887. The van der Waals surface area contributed by atoms with E-state index in [4.69, 9.17) is 16.3 Å². The van der Waals surface area contributed by atoms with Crippen LogP contribution in [0.3, 0.4) is 0 Å². The molecule has 1 spiro atoms. The van der Waals surface area contributed by atoms with Gasteiger partial charge < -0.3 is 4.74 Å². The summed E-state index contributed by atoms with van der Waals surface area (Å²) in [6, 6.07) is 0. The lowest BCUT2D eigenvalue weighted by Crippen LogP contribution is -2.43. The van der Waals surface area contributed by atoms with Gasteiger partial charge in [-0.1, -0.05) is 27.2 Å². The molecule has 4 unspecified atom stereocenters. The second kappa shape index (κ2) is 5.07. The van der Waals surface area contributed by atoms with Gasteiger partial charge >= 0.3 is 0 Å². The summed E-state index contributed by atoms with van der Waals surface area (Å²) in [4.78, 5) is 0.0887. The van der Waals surface area contributed by atoms with Crippen LogP contribution in [0.25, 0.3) is 0 Å². The number of alkyl halides is 1. The predicted octanol–water partition coefficient (Wildman–Crippen LogP) is 4.15. The van der Waals surface area contributed by atoms with E-state index in [2.05, 4.69) is 20.8 Å². The Balaban J connectivity index is 2.13. The Morgan fingerprint density at radius 1 is 1.44 bits per heavy atom. The van der Waals surface area contributed by atoms with Gasteiger partial charge in [-0.05, 0) is 30.6 Å². The van der Waals surface area contributed by atoms with Crippen LogP contribution >= 0.6 is 23.4 Å². The molecule has 94 valence electrons. The van der Waals surface area contributed by atoms with Crippen LogP contribution in [0.2, 0.25) is 0 Å². The van der Waals surface area contributed by atoms with E-state index in [-0.39, 0.29) is 11.0 Å². The minimum Gasteiger partial charge on any atom is -0.359 e. The van der Waals surface area contributed by atoms with Gasteiger partial charge in [0, 0.05) is 11.6 Å². The number of ether oxygens (including phenoxy) is 1. The summed E-state index contributed by atoms with van der Waals surface area (Å²) in [7, 11) is 0. The van der Waals surface area contributed by atoms with Crippen molar-refractivity contribution in [3.63, 3.8) is 0 Å². The van der Waals surface area contributed by atoms with E-state index in [1.54, 1.807) is 0 Å². The number of rotatable bonds is 2. The van der Waals surface area contributed by atoms with Crippen LogP contribution in [-0.4, -0.2) is 22.7 Å². The fraction of sp³-hybridized carbons (Fsp3) is 1.00. The molecule has 2 rings (SSSR count). The molecule has 0 N–H and O–H groups in total. The first-order chi connectivity index (χ1) is 7.57. The van der Waals surface area contributed by atoms with Gasteiger partial charge in [-0.15, -0.1) is 23.4 Å². The third-order valence-corrected chi connectivity index (χ3v) is 5.96. The van der Waals surface area contributed by atoms with Gasteiger partial charge in [0.25, 0.3) is 0 Å². The molecular formula is C13H23ClOS. The average Bonchev–Trinajstić information content (AvgIpc) is 2.61. The zero-order valence-corrected chi connectivity index (χ0v) is 12.1. The highest BCUT2D eigenvalue weighted by molar-refractivity contribution is 8.00. The van der Waals surface area contributed by atoms with Gasteiger partial charge in [-0.2, -0.15) is 0 Å². The molecule has 1 nitrogen and oxygen atoms in total. The Morgan fingerprint density at radius 2 is 2.19 bits per heavy atom. The fourth-order valence-electron chi connectivity index (χ4n) is 3.23. The predicted molar refractivity (Wildman–Crippen MR) is 72.1 cm³/mol. The highest BCUT2D eigenvalue weighted by Gasteiger charge is 2.50. The third kappa shape index (κ3) is 2.39. The standard InChI is InChI=1S/C13H23ClOS/c1-9(2)12-5-4-10(3)6-13(12)15-11(7-14)8-16-13/h9-12H,4-8H2,1-3H3. The van der Waals surface area contributed by atoms with Gasteiger partial charge in [0.1, 0.15) is 4.93 Å². The molecule has 16 heavy (non-hydrogen) atoms. The molecule has 0 aromatic heterocycles. The van der Waals surface area contributed by atoms with Crippen LogP contribution in [0.1, 0.15) is 40.0 Å². The molecule has 0 aromatic rings. The minimum absolute atomic E-state index is 0.0887. The van der Waals surface area contributed by atoms with Gasteiger partial charge in [0.15, 0.2) is 0 Å². The lowest BCUT2D eigenvalue weighted by atomic mass is 9.75. The number of hydrogen-bond donors (Lipinski definition) is 0. The summed E-state index contributed by atoms with van der Waals surface area (Å²) in [5.74, 6) is 3.96. The van der Waals surface area contributed by atoms with E-state index in [0.717, 1.165) is 11.7 Å². The second-order valence-corrected chi connectivity index (χ2v) is 7.38. The zero-order chi connectivity index (χ0) is 11.8. The number of thioether (sulfide) groups is 1. The van der Waals surface area contributed by atoms with Gasteiger partial charge in [-0.3, -0.25) is 0 Å². The maximum absolute atomic E-state index is 6.31. The summed E-state index contributed by atoms with van der Waals surface area (Å²) in [5, 5.41) is 0. The Morgan fingerprint density at radius 3 is 2.75 bits per heavy atom. The van der Waals surface area contributed by atoms with Crippen molar-refractivity contribution < 1.29 is 4.74 Å². The topological polar surface area (TPSA) is 9.23 Å². The number of hydrogen-bond acceptors (Lipinski definition) is 2. The van der Waals surface area contributed by atoms with Crippen molar-refractivity contribution >= 4 is 23.4 Å². The average molecular weight is 263 g/mol. The van der Waals surface area contributed by atoms with Crippen molar-refractivity contribution in [2.45, 2.75) is 51.1 Å². The Bertz CT molecular complexity index is 246. The normalized spacial score (nSPS) is 44.4. The smallest absolute Gasteiger partial charge is 0.117 e. The molecule has 1 aliphatic carbocycles. The Kier molecular flexibility index (Phi) is 4.14. The molecule has 2 fully saturated rings. The largest absolute Gasteiger partial charge is 0.359 e. The van der Waals surface area contributed by atoms with Gasteiger partial charge in [-0.25, -0.2) is 0 Å². The lowest BCUT2D eigenvalue weighted by molar-refractivity contribution is -0.0772. The highest BCUT2D eigenvalue weighted by Crippen LogP contribution is 2.53. The molecule has 3 heteroatoms. The van der Waals surface area contributed by atoms with Gasteiger partial charge in [0.2, 0.25) is 0 Å². The molecule has 0 bridgehead atoms. The summed E-state index contributed by atoms with van der Waals surface area (Å²) in [6.45, 7) is 7.02. The van der Waals surface area contributed by atoms with E-state index in [1.807, 2.05) is 11.8 Å². The van der Waals surface area contributed by atoms with E-state index in [1.165, 1.54) is 19.3 Å². The molecule has 1 heterocycles. The van der Waals surface area contributed by atoms with E-state index in [0.29, 0.717) is 17.7 Å². The number of halogens is 1. The Hall–Kier alpha value is 0.600. The van der Waals surface area contributed by atoms with Crippen LogP contribution in [0.5, 0.6) is 0 Å². The summed E-state index contributed by atoms with van der Waals surface area (Å²) >= 11 is 7.97. The van der Waals surface area contributed by atoms with Crippen LogP contribution < -0.4 is 0 Å². The first-order valence-corrected chi connectivity index (χ1v) is 7.97. The monoisotopic (exact) mass is 262 g/mol. The third-order valence-electron chi connectivity index (χ3n) is 4.02. The van der Waals surface area contributed by atoms with Crippen molar-refractivity contribution in [3.8, 4) is 0 Å². The zero-order valence-electron chi connectivity index (χ0n) is 10.5. The van der Waals surface area contributed by atoms with Crippen LogP contribution in [0, 0.1) is 17.8 Å². The summed E-state index contributed by atoms with van der Waals surface area (Å²) in [6.07, 6.45) is 4.17. The molecule has 2 aliphatic rings. The molecule has 0 aromatic carbocycles. The van der Waals surface area contributed by atoms with Crippen LogP contribution in [0.4, 0.5) is 0 Å². The van der Waals surface area contributed by atoms with Crippen LogP contribution in [-0.2, 0) is 4.74 Å². The molecule has 1 aliphatic heterocycles. The van der Waals surface area contributed by atoms with E-state index < -0.39 is 0 Å². The van der Waals surface area contributed by atoms with E-state index >= 15 is 0 Å². The maximum atomic E-state index is 6.31. The molecule has 1 saturated carbocycles. The summed E-state index contributed by atoms with van der Waals surface area (Å²) in [5.41, 5.74) is 0. The first kappa shape index (κ1) is 13.0. The Labute approximate surface area is 109 Å². The molecular weight excluding hydrogens is 240 g/mol. The molecule has 0 radical (unpaired) electrons. The summed E-state index contributed by atoms with van der Waals surface area (Å²) < 4.78 is 6.31. The lowest BCUT2D eigenvalue weighted by Gasteiger charge is -2.44. The molecule has 1 saturated heterocycles. The van der Waals surface area contributed by atoms with Gasteiger partial charge in [0.05, 0.1) is 6.10 Å². The molecule has 0 amide bonds. The van der Waals surface area contributed by atoms with Crippen molar-refractivity contribution in [1.82, 2.24) is 0 Å². The quantitative estimate of drug-likeness (QED) is 0.692. The van der Waals surface area contributed by atoms with Crippen molar-refractivity contribution in [2.24, 2.45) is 17.8 Å². The van der Waals surface area contributed by atoms with E-state index in [9.17, 15) is 0 Å². The second-order valence-electron chi connectivity index (χ2n) is 5.75.